The first-order valence-electron chi connectivity index (χ1n) is 4.69. The molecule has 0 bridgehead atoms. The fraction of sp³-hybridized carbons (Fsp3) is 0.667. The molecule has 0 aromatic carbocycles. The van der Waals surface area contributed by atoms with Gasteiger partial charge in [-0.1, -0.05) is 0 Å². The van der Waals surface area contributed by atoms with Crippen LogP contribution in [-0.2, 0) is 9.53 Å². The molecule has 0 aliphatic heterocycles. The Bertz CT molecular complexity index is 228. The van der Waals surface area contributed by atoms with Crippen molar-refractivity contribution in [3.05, 3.63) is 0 Å². The summed E-state index contributed by atoms with van der Waals surface area (Å²) in [4.78, 5) is 18.5. The smallest absolute Gasteiger partial charge is 0.262 e. The van der Waals surface area contributed by atoms with E-state index < -0.39 is 0 Å². The highest BCUT2D eigenvalue weighted by atomic mass is 16.5. The van der Waals surface area contributed by atoms with Crippen LogP contribution < -0.4 is 10.6 Å². The summed E-state index contributed by atoms with van der Waals surface area (Å²) < 4.78 is 4.87. The summed E-state index contributed by atoms with van der Waals surface area (Å²) in [5, 5.41) is 5.50. The summed E-state index contributed by atoms with van der Waals surface area (Å²) in [5.41, 5.74) is 0. The van der Waals surface area contributed by atoms with E-state index in [9.17, 15) is 4.79 Å². The third kappa shape index (κ3) is 9.04. The van der Waals surface area contributed by atoms with Crippen molar-refractivity contribution in [2.45, 2.75) is 13.1 Å². The molecule has 15 heavy (non-hydrogen) atoms. The van der Waals surface area contributed by atoms with E-state index in [0.717, 1.165) is 6.54 Å². The van der Waals surface area contributed by atoms with Gasteiger partial charge in [-0.15, -0.1) is 0 Å². The van der Waals surface area contributed by atoms with Crippen molar-refractivity contribution in [1.29, 1.82) is 0 Å². The van der Waals surface area contributed by atoms with E-state index in [-0.39, 0.29) is 12.1 Å². The summed E-state index contributed by atoms with van der Waals surface area (Å²) in [6.45, 7) is 3.26. The van der Waals surface area contributed by atoms with Crippen LogP contribution in [0.3, 0.4) is 0 Å². The number of carbonyl (C=O) groups is 1. The Hall–Kier alpha value is -1.27. The van der Waals surface area contributed by atoms with Gasteiger partial charge in [0.25, 0.3) is 5.91 Å². The number of amides is 1. The normalized spacial score (nSPS) is 13.5. The number of methoxy groups -OCH3 is 1. The number of hydrogen-bond donors (Lipinski definition) is 2. The fourth-order valence-electron chi connectivity index (χ4n) is 0.727. The van der Waals surface area contributed by atoms with E-state index in [1.54, 1.807) is 14.2 Å². The van der Waals surface area contributed by atoms with Gasteiger partial charge in [0.2, 0.25) is 0 Å². The largest absolute Gasteiger partial charge is 0.383 e. The number of aliphatic imine (C=N–C) groups is 2. The zero-order chi connectivity index (χ0) is 11.5. The Morgan fingerprint density at radius 3 is 2.93 bits per heavy atom. The van der Waals surface area contributed by atoms with Crippen LogP contribution in [0, 0.1) is 0 Å². The Balaban J connectivity index is 3.66. The third-order valence-electron chi connectivity index (χ3n) is 1.54. The van der Waals surface area contributed by atoms with Gasteiger partial charge in [0.05, 0.1) is 19.0 Å². The first-order valence-corrected chi connectivity index (χ1v) is 4.69. The predicted octanol–water partition coefficient (Wildman–Crippen LogP) is -0.586. The summed E-state index contributed by atoms with van der Waals surface area (Å²) in [7, 11) is 3.18. The molecule has 0 aromatic heterocycles. The highest BCUT2D eigenvalue weighted by molar-refractivity contribution is 6.27. The van der Waals surface area contributed by atoms with E-state index in [0.29, 0.717) is 6.61 Å². The second-order valence-corrected chi connectivity index (χ2v) is 2.78. The summed E-state index contributed by atoms with van der Waals surface area (Å²) in [5.74, 6) is -0.249. The van der Waals surface area contributed by atoms with E-state index in [2.05, 4.69) is 20.6 Å². The van der Waals surface area contributed by atoms with Crippen LogP contribution in [0.5, 0.6) is 0 Å². The standard InChI is InChI=1S/C9H18N4O2/c1-8(12-4-5-15-3)13-7-11-6-9(14)10-2/h6-8,12H,4-5H2,1-3H3,(H,10,14). The van der Waals surface area contributed by atoms with Crippen LogP contribution in [0.1, 0.15) is 6.92 Å². The van der Waals surface area contributed by atoms with Gasteiger partial charge >= 0.3 is 0 Å². The zero-order valence-electron chi connectivity index (χ0n) is 9.36. The van der Waals surface area contributed by atoms with Gasteiger partial charge in [-0.05, 0) is 6.92 Å². The molecule has 0 aliphatic carbocycles. The van der Waals surface area contributed by atoms with Gasteiger partial charge < -0.3 is 10.1 Å². The molecule has 86 valence electrons. The van der Waals surface area contributed by atoms with Crippen molar-refractivity contribution < 1.29 is 9.53 Å². The quantitative estimate of drug-likeness (QED) is 0.338. The molecule has 1 atom stereocenters. The molecule has 0 radical (unpaired) electrons. The summed E-state index contributed by atoms with van der Waals surface area (Å²) >= 11 is 0. The molecular formula is C9H18N4O2. The summed E-state index contributed by atoms with van der Waals surface area (Å²) in [6, 6.07) is 0. The highest BCUT2D eigenvalue weighted by Gasteiger charge is 1.94. The minimum absolute atomic E-state index is 0.0398. The van der Waals surface area contributed by atoms with Crippen LogP contribution in [0.2, 0.25) is 0 Å². The predicted molar refractivity (Wildman–Crippen MR) is 60.4 cm³/mol. The lowest BCUT2D eigenvalue weighted by atomic mass is 10.5. The number of rotatable bonds is 7. The SMILES string of the molecule is CNC(=O)C=NC=NC(C)NCCOC. The number of hydrogen-bond acceptors (Lipinski definition) is 4. The third-order valence-corrected chi connectivity index (χ3v) is 1.54. The minimum Gasteiger partial charge on any atom is -0.383 e. The number of carbonyl (C=O) groups excluding carboxylic acids is 1. The average Bonchev–Trinajstić information content (AvgIpc) is 2.24. The van der Waals surface area contributed by atoms with Gasteiger partial charge in [0.15, 0.2) is 0 Å². The molecule has 0 spiro atoms. The van der Waals surface area contributed by atoms with Crippen LogP contribution in [0.25, 0.3) is 0 Å². The average molecular weight is 214 g/mol. The molecule has 0 rings (SSSR count). The van der Waals surface area contributed by atoms with Crippen molar-refractivity contribution in [2.75, 3.05) is 27.3 Å². The van der Waals surface area contributed by atoms with Crippen molar-refractivity contribution in [1.82, 2.24) is 10.6 Å². The molecular weight excluding hydrogens is 196 g/mol. The molecule has 0 aliphatic rings. The van der Waals surface area contributed by atoms with Gasteiger partial charge in [-0.25, -0.2) is 4.99 Å². The molecule has 0 fully saturated rings. The lowest BCUT2D eigenvalue weighted by Crippen LogP contribution is -2.27. The first-order chi connectivity index (χ1) is 7.20. The minimum atomic E-state index is -0.249. The topological polar surface area (TPSA) is 75.1 Å². The maximum absolute atomic E-state index is 10.7. The summed E-state index contributed by atoms with van der Waals surface area (Å²) in [6.07, 6.45) is 2.48. The maximum Gasteiger partial charge on any atom is 0.262 e. The number of nitrogens with one attached hydrogen (secondary N) is 2. The van der Waals surface area contributed by atoms with Crippen LogP contribution in [-0.4, -0.2) is 51.9 Å². The van der Waals surface area contributed by atoms with Crippen molar-refractivity contribution in [3.8, 4) is 0 Å². The van der Waals surface area contributed by atoms with Crippen molar-refractivity contribution in [3.63, 3.8) is 0 Å². The lowest BCUT2D eigenvalue weighted by molar-refractivity contribution is -0.113. The zero-order valence-corrected chi connectivity index (χ0v) is 9.36. The molecule has 0 saturated heterocycles. The Morgan fingerprint density at radius 2 is 2.33 bits per heavy atom. The Kier molecular flexibility index (Phi) is 8.50. The fourth-order valence-corrected chi connectivity index (χ4v) is 0.727. The number of ether oxygens (including phenoxy) is 1. The van der Waals surface area contributed by atoms with E-state index in [4.69, 9.17) is 4.74 Å². The molecule has 1 amide bonds. The molecule has 6 nitrogen and oxygen atoms in total. The number of nitrogens with zero attached hydrogens (tertiary/aromatic N) is 2. The molecule has 0 heterocycles. The highest BCUT2D eigenvalue weighted by Crippen LogP contribution is 1.81. The van der Waals surface area contributed by atoms with E-state index >= 15 is 0 Å². The second kappa shape index (κ2) is 9.29. The molecule has 2 N–H and O–H groups in total. The van der Waals surface area contributed by atoms with Gasteiger partial charge in [-0.3, -0.25) is 15.1 Å². The van der Waals surface area contributed by atoms with Gasteiger partial charge in [0, 0.05) is 20.7 Å². The lowest BCUT2D eigenvalue weighted by Gasteiger charge is -2.06. The maximum atomic E-state index is 10.7. The van der Waals surface area contributed by atoms with Crippen LogP contribution in [0.15, 0.2) is 9.98 Å². The van der Waals surface area contributed by atoms with Gasteiger partial charge in [-0.2, -0.15) is 0 Å². The van der Waals surface area contributed by atoms with E-state index in [1.165, 1.54) is 12.6 Å². The Morgan fingerprint density at radius 1 is 1.60 bits per heavy atom. The molecule has 1 unspecified atom stereocenters. The molecule has 0 saturated carbocycles. The van der Waals surface area contributed by atoms with Crippen LogP contribution in [0.4, 0.5) is 0 Å². The second-order valence-electron chi connectivity index (χ2n) is 2.78. The van der Waals surface area contributed by atoms with Crippen LogP contribution >= 0.6 is 0 Å². The van der Waals surface area contributed by atoms with E-state index in [1.807, 2.05) is 6.92 Å². The Labute approximate surface area is 89.8 Å². The van der Waals surface area contributed by atoms with Crippen molar-refractivity contribution in [2.24, 2.45) is 9.98 Å². The molecule has 6 heteroatoms. The van der Waals surface area contributed by atoms with Crippen molar-refractivity contribution >= 4 is 18.5 Å². The van der Waals surface area contributed by atoms with Gasteiger partial charge in [0.1, 0.15) is 6.34 Å². The first kappa shape index (κ1) is 13.7. The molecule has 0 aromatic rings. The monoisotopic (exact) mass is 214 g/mol.